The lowest BCUT2D eigenvalue weighted by atomic mass is 9.74. The number of hydrogen-bond donors (Lipinski definition) is 1. The van der Waals surface area contributed by atoms with Gasteiger partial charge in [0.1, 0.15) is 11.5 Å². The number of aryl methyl sites for hydroxylation is 1. The number of fused-ring (bicyclic) bond motifs is 1. The summed E-state index contributed by atoms with van der Waals surface area (Å²) in [5.41, 5.74) is 1.27. The van der Waals surface area contributed by atoms with Gasteiger partial charge in [-0.1, -0.05) is 20.4 Å². The molecule has 0 saturated carbocycles. The van der Waals surface area contributed by atoms with E-state index < -0.39 is 0 Å². The molecule has 1 N–H and O–H groups in total. The van der Waals surface area contributed by atoms with E-state index in [2.05, 4.69) is 25.7 Å². The zero-order chi connectivity index (χ0) is 12.6. The summed E-state index contributed by atoms with van der Waals surface area (Å²) < 4.78 is 5.71. The largest absolute Gasteiger partial charge is 0.466 e. The van der Waals surface area contributed by atoms with Crippen LogP contribution < -0.4 is 5.32 Å². The summed E-state index contributed by atoms with van der Waals surface area (Å²) in [6.07, 6.45) is 3.17. The minimum Gasteiger partial charge on any atom is -0.466 e. The van der Waals surface area contributed by atoms with Crippen molar-refractivity contribution in [2.24, 2.45) is 5.41 Å². The molecule has 17 heavy (non-hydrogen) atoms. The maximum Gasteiger partial charge on any atom is 0.243 e. The summed E-state index contributed by atoms with van der Waals surface area (Å²) in [6.45, 7) is 9.82. The zero-order valence-corrected chi connectivity index (χ0v) is 10.7. The minimum atomic E-state index is -0.127. The van der Waals surface area contributed by atoms with E-state index in [9.17, 15) is 4.79 Å². The predicted molar refractivity (Wildman–Crippen MR) is 66.6 cm³/mol. The summed E-state index contributed by atoms with van der Waals surface area (Å²) in [5.74, 6) is 1.79. The molecule has 0 saturated heterocycles. The van der Waals surface area contributed by atoms with Crippen LogP contribution in [0.5, 0.6) is 0 Å². The van der Waals surface area contributed by atoms with Crippen LogP contribution in [0, 0.1) is 12.3 Å². The van der Waals surface area contributed by atoms with Gasteiger partial charge in [-0.15, -0.1) is 0 Å². The van der Waals surface area contributed by atoms with Gasteiger partial charge in [0.2, 0.25) is 5.91 Å². The van der Waals surface area contributed by atoms with Crippen LogP contribution in [0.1, 0.15) is 43.4 Å². The van der Waals surface area contributed by atoms with E-state index in [0.717, 1.165) is 29.9 Å². The van der Waals surface area contributed by atoms with E-state index in [1.165, 1.54) is 6.08 Å². The second-order valence-electron chi connectivity index (χ2n) is 5.55. The average molecular weight is 233 g/mol. The van der Waals surface area contributed by atoms with Gasteiger partial charge in [-0.25, -0.2) is 0 Å². The monoisotopic (exact) mass is 233 g/mol. The maximum absolute atomic E-state index is 11.4. The molecule has 0 spiro atoms. The molecule has 1 unspecified atom stereocenters. The minimum absolute atomic E-state index is 0.0386. The first kappa shape index (κ1) is 12.0. The lowest BCUT2D eigenvalue weighted by molar-refractivity contribution is -0.117. The molecule has 0 aromatic carbocycles. The van der Waals surface area contributed by atoms with Crippen molar-refractivity contribution in [3.05, 3.63) is 35.8 Å². The number of amides is 1. The second kappa shape index (κ2) is 4.06. The third kappa shape index (κ3) is 2.43. The van der Waals surface area contributed by atoms with E-state index in [0.29, 0.717) is 0 Å². The Kier molecular flexibility index (Phi) is 2.86. The van der Waals surface area contributed by atoms with Gasteiger partial charge in [-0.2, -0.15) is 0 Å². The van der Waals surface area contributed by atoms with Gasteiger partial charge in [-0.05, 0) is 30.9 Å². The van der Waals surface area contributed by atoms with Crippen LogP contribution in [0.15, 0.2) is 23.1 Å². The van der Waals surface area contributed by atoms with Crippen LogP contribution in [0.2, 0.25) is 0 Å². The van der Waals surface area contributed by atoms with Gasteiger partial charge < -0.3 is 9.73 Å². The first-order valence-electron chi connectivity index (χ1n) is 5.93. The lowest BCUT2D eigenvalue weighted by Gasteiger charge is -2.34. The molecule has 1 aromatic heterocycles. The topological polar surface area (TPSA) is 42.2 Å². The Bertz CT molecular complexity index is 457. The van der Waals surface area contributed by atoms with E-state index in [4.69, 9.17) is 4.42 Å². The average Bonchev–Trinajstić information content (AvgIpc) is 2.56. The standard InChI is InChI=1S/C14H19NO2/c1-5-13(16)15-11-7-14(3,4)8-12-10(11)6-9(2)17-12/h5-6,11H,1,7-8H2,2-4H3,(H,15,16). The SMILES string of the molecule is C=CC(=O)NC1CC(C)(C)Cc2oc(C)cc21. The highest BCUT2D eigenvalue weighted by Crippen LogP contribution is 2.41. The normalized spacial score (nSPS) is 21.7. The molecule has 0 bridgehead atoms. The third-order valence-electron chi connectivity index (χ3n) is 3.24. The highest BCUT2D eigenvalue weighted by Gasteiger charge is 2.35. The second-order valence-corrected chi connectivity index (χ2v) is 5.55. The number of carbonyl (C=O) groups excluding carboxylic acids is 1. The van der Waals surface area contributed by atoms with Crippen LogP contribution in [0.3, 0.4) is 0 Å². The molecule has 1 aliphatic carbocycles. The van der Waals surface area contributed by atoms with Crippen molar-refractivity contribution in [3.8, 4) is 0 Å². The molecular weight excluding hydrogens is 214 g/mol. The fraction of sp³-hybridized carbons (Fsp3) is 0.500. The van der Waals surface area contributed by atoms with Crippen LogP contribution in [-0.2, 0) is 11.2 Å². The summed E-state index contributed by atoms with van der Waals surface area (Å²) in [6, 6.07) is 2.07. The van der Waals surface area contributed by atoms with E-state index in [1.54, 1.807) is 0 Å². The highest BCUT2D eigenvalue weighted by molar-refractivity contribution is 5.87. The van der Waals surface area contributed by atoms with Crippen LogP contribution in [0.25, 0.3) is 0 Å². The van der Waals surface area contributed by atoms with E-state index in [1.807, 2.05) is 13.0 Å². The number of furan rings is 1. The van der Waals surface area contributed by atoms with Crippen molar-refractivity contribution in [2.45, 2.75) is 39.7 Å². The Morgan fingerprint density at radius 3 is 3.00 bits per heavy atom. The quantitative estimate of drug-likeness (QED) is 0.798. The van der Waals surface area contributed by atoms with Gasteiger partial charge in [0.05, 0.1) is 6.04 Å². The number of hydrogen-bond acceptors (Lipinski definition) is 2. The molecule has 1 aromatic rings. The summed E-state index contributed by atoms with van der Waals surface area (Å²) in [4.78, 5) is 11.4. The summed E-state index contributed by atoms with van der Waals surface area (Å²) in [5, 5.41) is 2.98. The molecule has 3 heteroatoms. The molecule has 1 atom stereocenters. The molecule has 1 heterocycles. The van der Waals surface area contributed by atoms with Gasteiger partial charge in [0, 0.05) is 12.0 Å². The van der Waals surface area contributed by atoms with Gasteiger partial charge in [0.15, 0.2) is 0 Å². The van der Waals surface area contributed by atoms with Crippen molar-refractivity contribution in [3.63, 3.8) is 0 Å². The third-order valence-corrected chi connectivity index (χ3v) is 3.24. The fourth-order valence-corrected chi connectivity index (χ4v) is 2.54. The fourth-order valence-electron chi connectivity index (χ4n) is 2.54. The van der Waals surface area contributed by atoms with E-state index in [-0.39, 0.29) is 17.4 Å². The number of carbonyl (C=O) groups is 1. The van der Waals surface area contributed by atoms with Crippen LogP contribution >= 0.6 is 0 Å². The Morgan fingerprint density at radius 2 is 2.35 bits per heavy atom. The van der Waals surface area contributed by atoms with Crippen LogP contribution in [0.4, 0.5) is 0 Å². The van der Waals surface area contributed by atoms with Crippen molar-refractivity contribution < 1.29 is 9.21 Å². The zero-order valence-electron chi connectivity index (χ0n) is 10.7. The van der Waals surface area contributed by atoms with E-state index >= 15 is 0 Å². The molecule has 92 valence electrons. The molecule has 3 nitrogen and oxygen atoms in total. The van der Waals surface area contributed by atoms with Gasteiger partial charge in [-0.3, -0.25) is 4.79 Å². The number of nitrogens with one attached hydrogen (secondary N) is 1. The van der Waals surface area contributed by atoms with Crippen molar-refractivity contribution >= 4 is 5.91 Å². The molecule has 1 amide bonds. The first-order valence-corrected chi connectivity index (χ1v) is 5.93. The smallest absolute Gasteiger partial charge is 0.243 e. The Labute approximate surface area is 102 Å². The molecular formula is C14H19NO2. The Balaban J connectivity index is 2.32. The van der Waals surface area contributed by atoms with Crippen molar-refractivity contribution in [1.29, 1.82) is 0 Å². The molecule has 0 radical (unpaired) electrons. The van der Waals surface area contributed by atoms with Crippen molar-refractivity contribution in [2.75, 3.05) is 0 Å². The van der Waals surface area contributed by atoms with Crippen molar-refractivity contribution in [1.82, 2.24) is 5.32 Å². The summed E-state index contributed by atoms with van der Waals surface area (Å²) >= 11 is 0. The molecule has 0 aliphatic heterocycles. The Hall–Kier alpha value is -1.51. The molecule has 1 aliphatic rings. The Morgan fingerprint density at radius 1 is 1.65 bits per heavy atom. The molecule has 0 fully saturated rings. The predicted octanol–water partition coefficient (Wildman–Crippen LogP) is 2.90. The van der Waals surface area contributed by atoms with Gasteiger partial charge in [0.25, 0.3) is 0 Å². The first-order chi connectivity index (χ1) is 7.91. The highest BCUT2D eigenvalue weighted by atomic mass is 16.3. The maximum atomic E-state index is 11.4. The summed E-state index contributed by atoms with van der Waals surface area (Å²) in [7, 11) is 0. The van der Waals surface area contributed by atoms with Crippen LogP contribution in [-0.4, -0.2) is 5.91 Å². The lowest BCUT2D eigenvalue weighted by Crippen LogP contribution is -2.35. The number of rotatable bonds is 2. The molecule has 2 rings (SSSR count). The van der Waals surface area contributed by atoms with Gasteiger partial charge >= 0.3 is 0 Å².